The number of aromatic hydroxyl groups is 1. The number of phenolic OH excluding ortho intramolecular Hbond substituents is 1. The van der Waals surface area contributed by atoms with Crippen molar-refractivity contribution in [3.05, 3.63) is 76.2 Å². The lowest BCUT2D eigenvalue weighted by Gasteiger charge is -2.26. The van der Waals surface area contributed by atoms with Gasteiger partial charge >= 0.3 is 5.97 Å². The third kappa shape index (κ3) is 2.62. The van der Waals surface area contributed by atoms with Crippen LogP contribution in [0.4, 0.5) is 0 Å². The van der Waals surface area contributed by atoms with E-state index in [4.69, 9.17) is 4.74 Å². The molecule has 144 valence electrons. The van der Waals surface area contributed by atoms with Crippen molar-refractivity contribution in [3.63, 3.8) is 0 Å². The van der Waals surface area contributed by atoms with Gasteiger partial charge in [0.15, 0.2) is 0 Å². The first-order valence-corrected chi connectivity index (χ1v) is 9.19. The molecule has 0 saturated carbocycles. The molecule has 0 radical (unpaired) electrons. The van der Waals surface area contributed by atoms with Gasteiger partial charge in [0.1, 0.15) is 11.5 Å². The van der Waals surface area contributed by atoms with Gasteiger partial charge in [-0.05, 0) is 24.3 Å². The van der Waals surface area contributed by atoms with Gasteiger partial charge in [-0.25, -0.2) is 0 Å². The molecule has 7 nitrogen and oxygen atoms in total. The Labute approximate surface area is 165 Å². The molecule has 29 heavy (non-hydrogen) atoms. The van der Waals surface area contributed by atoms with Crippen LogP contribution in [0.3, 0.4) is 0 Å². The number of esters is 1. The quantitative estimate of drug-likeness (QED) is 0.515. The van der Waals surface area contributed by atoms with Gasteiger partial charge in [0.25, 0.3) is 5.56 Å². The molecule has 2 aromatic carbocycles. The minimum absolute atomic E-state index is 0.0337. The number of pyridine rings is 1. The predicted molar refractivity (Wildman–Crippen MR) is 107 cm³/mol. The summed E-state index contributed by atoms with van der Waals surface area (Å²) in [6.45, 7) is 0. The van der Waals surface area contributed by atoms with Gasteiger partial charge < -0.3 is 14.4 Å². The van der Waals surface area contributed by atoms with Gasteiger partial charge in [-0.1, -0.05) is 24.3 Å². The number of carbonyl (C=O) groups excluding carboxylic acids is 1. The zero-order valence-electron chi connectivity index (χ0n) is 15.5. The Morgan fingerprint density at radius 1 is 1.17 bits per heavy atom. The van der Waals surface area contributed by atoms with Crippen LogP contribution in [0.1, 0.15) is 23.5 Å². The van der Waals surface area contributed by atoms with Crippen LogP contribution in [0.15, 0.2) is 59.5 Å². The largest absolute Gasteiger partial charge is 0.508 e. The van der Waals surface area contributed by atoms with Crippen LogP contribution in [0.5, 0.6) is 11.5 Å². The number of rotatable bonds is 2. The number of para-hydroxylation sites is 1. The highest BCUT2D eigenvalue weighted by molar-refractivity contribution is 5.92. The first kappa shape index (κ1) is 17.2. The average molecular weight is 387 g/mol. The summed E-state index contributed by atoms with van der Waals surface area (Å²) in [5.74, 6) is -0.476. The number of H-pyrrole nitrogens is 1. The van der Waals surface area contributed by atoms with Crippen molar-refractivity contribution in [2.24, 2.45) is 7.05 Å². The number of carbonyl (C=O) groups is 1. The van der Waals surface area contributed by atoms with Gasteiger partial charge in [0, 0.05) is 29.5 Å². The topological polar surface area (TPSA) is 97.2 Å². The number of hydrogen-bond donors (Lipinski definition) is 2. The zero-order valence-corrected chi connectivity index (χ0v) is 15.5. The summed E-state index contributed by atoms with van der Waals surface area (Å²) in [7, 11) is 1.71. The molecule has 0 bridgehead atoms. The third-order valence-corrected chi connectivity index (χ3v) is 5.40. The molecule has 0 unspecified atom stereocenters. The number of phenols is 1. The number of benzene rings is 2. The first-order chi connectivity index (χ1) is 14.0. The van der Waals surface area contributed by atoms with Crippen molar-refractivity contribution in [1.82, 2.24) is 14.8 Å². The molecule has 1 atom stereocenters. The molecule has 3 heterocycles. The Bertz CT molecular complexity index is 1340. The van der Waals surface area contributed by atoms with Crippen molar-refractivity contribution in [1.29, 1.82) is 0 Å². The summed E-state index contributed by atoms with van der Waals surface area (Å²) in [5.41, 5.74) is 3.01. The van der Waals surface area contributed by atoms with E-state index in [1.165, 1.54) is 0 Å². The van der Waals surface area contributed by atoms with Crippen molar-refractivity contribution < 1.29 is 14.6 Å². The van der Waals surface area contributed by atoms with Crippen LogP contribution in [0.2, 0.25) is 0 Å². The Morgan fingerprint density at radius 2 is 2.00 bits per heavy atom. The number of nitrogens with zero attached hydrogens (tertiary/aromatic N) is 2. The molecule has 0 amide bonds. The number of aromatic nitrogens is 3. The van der Waals surface area contributed by atoms with E-state index in [1.807, 2.05) is 30.3 Å². The van der Waals surface area contributed by atoms with E-state index in [2.05, 4.69) is 10.2 Å². The van der Waals surface area contributed by atoms with Crippen LogP contribution < -0.4 is 10.3 Å². The lowest BCUT2D eigenvalue weighted by molar-refractivity contribution is -0.135. The highest BCUT2D eigenvalue weighted by Crippen LogP contribution is 2.42. The van der Waals surface area contributed by atoms with E-state index >= 15 is 0 Å². The van der Waals surface area contributed by atoms with Gasteiger partial charge in [-0.15, -0.1) is 0 Å². The summed E-state index contributed by atoms with van der Waals surface area (Å²) < 4.78 is 7.13. The molecule has 5 rings (SSSR count). The van der Waals surface area contributed by atoms with E-state index in [9.17, 15) is 14.7 Å². The highest BCUT2D eigenvalue weighted by atomic mass is 16.5. The maximum Gasteiger partial charge on any atom is 0.312 e. The predicted octanol–water partition coefficient (Wildman–Crippen LogP) is 3.08. The normalized spacial score (nSPS) is 15.9. The van der Waals surface area contributed by atoms with Crippen LogP contribution in [0, 0.1) is 0 Å². The number of nitrogens with one attached hydrogen (secondary N) is 1. The molecule has 0 fully saturated rings. The van der Waals surface area contributed by atoms with Gasteiger partial charge in [-0.3, -0.25) is 14.7 Å². The standard InChI is InChI=1S/C22H17N3O4/c1-25-17-8-3-2-7-14(17)21-19(22(25)28)15(10-18(27)29-21)16-11-23-24-20(16)12-5-4-6-13(26)9-12/h2-9,11,15,26H,10H2,1H3,(H,23,24)/t15-/m0/s1. The van der Waals surface area contributed by atoms with Crippen molar-refractivity contribution in [3.8, 4) is 22.8 Å². The first-order valence-electron chi connectivity index (χ1n) is 9.19. The second-order valence-corrected chi connectivity index (χ2v) is 7.11. The average Bonchev–Trinajstić information content (AvgIpc) is 3.21. The molecule has 0 saturated heterocycles. The smallest absolute Gasteiger partial charge is 0.312 e. The fourth-order valence-corrected chi connectivity index (χ4v) is 4.05. The van der Waals surface area contributed by atoms with Gasteiger partial charge in [0.2, 0.25) is 0 Å². The lowest BCUT2D eigenvalue weighted by atomic mass is 9.85. The van der Waals surface area contributed by atoms with Crippen molar-refractivity contribution in [2.45, 2.75) is 12.3 Å². The second kappa shape index (κ2) is 6.34. The highest BCUT2D eigenvalue weighted by Gasteiger charge is 2.35. The van der Waals surface area contributed by atoms with E-state index in [1.54, 1.807) is 36.0 Å². The van der Waals surface area contributed by atoms with E-state index in [0.29, 0.717) is 33.5 Å². The second-order valence-electron chi connectivity index (χ2n) is 7.11. The monoisotopic (exact) mass is 387 g/mol. The fourth-order valence-electron chi connectivity index (χ4n) is 4.05. The number of ether oxygens (including phenoxy) is 1. The SMILES string of the molecule is Cn1c(=O)c2c(c3ccccc31)OC(=O)C[C@H]2c1cn[nH]c1-c1cccc(O)c1. The summed E-state index contributed by atoms with van der Waals surface area (Å²) in [6.07, 6.45) is 1.66. The Hall–Kier alpha value is -3.87. The molecular formula is C22H17N3O4. The van der Waals surface area contributed by atoms with Crippen LogP contribution in [0.25, 0.3) is 22.2 Å². The number of aromatic amines is 1. The summed E-state index contributed by atoms with van der Waals surface area (Å²) in [6, 6.07) is 14.1. The van der Waals surface area contributed by atoms with Crippen molar-refractivity contribution in [2.75, 3.05) is 0 Å². The zero-order chi connectivity index (χ0) is 20.1. The van der Waals surface area contributed by atoms with Gasteiger partial charge in [-0.2, -0.15) is 5.10 Å². The molecule has 1 aliphatic rings. The molecule has 0 aliphatic carbocycles. The molecule has 2 N–H and O–H groups in total. The number of fused-ring (bicyclic) bond motifs is 3. The number of aryl methyl sites for hydroxylation is 1. The minimum Gasteiger partial charge on any atom is -0.508 e. The summed E-state index contributed by atoms with van der Waals surface area (Å²) >= 11 is 0. The molecule has 0 spiro atoms. The maximum atomic E-state index is 13.2. The Morgan fingerprint density at radius 3 is 2.83 bits per heavy atom. The Kier molecular flexibility index (Phi) is 3.77. The van der Waals surface area contributed by atoms with E-state index in [0.717, 1.165) is 5.56 Å². The minimum atomic E-state index is -0.509. The molecule has 1 aliphatic heterocycles. The molecule has 4 aromatic rings. The number of hydrogen-bond acceptors (Lipinski definition) is 5. The lowest BCUT2D eigenvalue weighted by Crippen LogP contribution is -2.31. The van der Waals surface area contributed by atoms with E-state index in [-0.39, 0.29) is 17.7 Å². The van der Waals surface area contributed by atoms with Crippen LogP contribution >= 0.6 is 0 Å². The van der Waals surface area contributed by atoms with Crippen LogP contribution in [-0.4, -0.2) is 25.8 Å². The van der Waals surface area contributed by atoms with Gasteiger partial charge in [0.05, 0.1) is 29.4 Å². The van der Waals surface area contributed by atoms with Crippen LogP contribution in [-0.2, 0) is 11.8 Å². The Balaban J connectivity index is 1.78. The molecule has 7 heteroatoms. The summed E-state index contributed by atoms with van der Waals surface area (Å²) in [5, 5.41) is 17.7. The molecule has 2 aromatic heterocycles. The summed E-state index contributed by atoms with van der Waals surface area (Å²) in [4.78, 5) is 25.7. The molecular weight excluding hydrogens is 370 g/mol. The maximum absolute atomic E-state index is 13.2. The fraction of sp³-hybridized carbons (Fsp3) is 0.136. The third-order valence-electron chi connectivity index (χ3n) is 5.40. The van der Waals surface area contributed by atoms with Crippen molar-refractivity contribution >= 4 is 16.9 Å². The van der Waals surface area contributed by atoms with E-state index < -0.39 is 11.9 Å².